The number of hydrogen-bond donors (Lipinski definition) is 1. The third-order valence-corrected chi connectivity index (χ3v) is 4.71. The lowest BCUT2D eigenvalue weighted by molar-refractivity contribution is -0.385. The number of nitrogen functional groups attached to an aromatic ring is 1. The molecule has 2 rings (SSSR count). The summed E-state index contributed by atoms with van der Waals surface area (Å²) in [5, 5.41) is 11.2. The minimum absolute atomic E-state index is 0.0201. The summed E-state index contributed by atoms with van der Waals surface area (Å²) in [6, 6.07) is 9.67. The molecule has 2 aromatic rings. The summed E-state index contributed by atoms with van der Waals surface area (Å²) in [5.41, 5.74) is 5.62. The van der Waals surface area contributed by atoms with Crippen molar-refractivity contribution in [3.05, 3.63) is 63.2 Å². The maximum Gasteiger partial charge on any atom is 0.275 e. The molecule has 0 amide bonds. The molecule has 0 aliphatic rings. The van der Waals surface area contributed by atoms with Crippen LogP contribution in [0.3, 0.4) is 0 Å². The van der Waals surface area contributed by atoms with Gasteiger partial charge in [-0.15, -0.1) is 0 Å². The van der Waals surface area contributed by atoms with Crippen molar-refractivity contribution in [2.75, 3.05) is 5.73 Å². The second kappa shape index (κ2) is 5.71. The lowest BCUT2D eigenvalue weighted by Crippen LogP contribution is -2.07. The van der Waals surface area contributed by atoms with Crippen LogP contribution in [0.1, 0.15) is 5.56 Å². The monoisotopic (exact) mass is 326 g/mol. The SMILES string of the molecule is Nc1cccc(S(=O)(=O)Cc2ccc(Cl)cc2[N+](=O)[O-])c1. The topological polar surface area (TPSA) is 103 Å². The first-order valence-corrected chi connectivity index (χ1v) is 7.84. The second-order valence-corrected chi connectivity index (χ2v) is 6.79. The number of hydrogen-bond acceptors (Lipinski definition) is 5. The first-order chi connectivity index (χ1) is 9.79. The second-order valence-electron chi connectivity index (χ2n) is 4.36. The molecule has 0 aliphatic carbocycles. The molecule has 110 valence electrons. The van der Waals surface area contributed by atoms with E-state index < -0.39 is 20.5 Å². The molecule has 0 atom stereocenters. The number of nitrogens with two attached hydrogens (primary N) is 1. The minimum atomic E-state index is -3.73. The van der Waals surface area contributed by atoms with Crippen molar-refractivity contribution in [3.8, 4) is 0 Å². The fraction of sp³-hybridized carbons (Fsp3) is 0.0769. The van der Waals surface area contributed by atoms with Gasteiger partial charge in [-0.05, 0) is 30.3 Å². The van der Waals surface area contributed by atoms with E-state index in [-0.39, 0.29) is 21.2 Å². The van der Waals surface area contributed by atoms with Crippen LogP contribution in [0, 0.1) is 10.1 Å². The molecule has 0 heterocycles. The predicted octanol–water partition coefficient (Wildman–Crippen LogP) is 2.80. The first kappa shape index (κ1) is 15.3. The van der Waals surface area contributed by atoms with Crippen molar-refractivity contribution < 1.29 is 13.3 Å². The maximum absolute atomic E-state index is 12.3. The summed E-state index contributed by atoms with van der Waals surface area (Å²) in [6.07, 6.45) is 0. The Kier molecular flexibility index (Phi) is 4.15. The number of sulfone groups is 1. The van der Waals surface area contributed by atoms with Crippen molar-refractivity contribution in [2.45, 2.75) is 10.6 Å². The molecule has 2 aromatic carbocycles. The highest BCUT2D eigenvalue weighted by molar-refractivity contribution is 7.90. The zero-order chi connectivity index (χ0) is 15.6. The van der Waals surface area contributed by atoms with Crippen molar-refractivity contribution in [1.82, 2.24) is 0 Å². The average Bonchev–Trinajstić information content (AvgIpc) is 2.40. The van der Waals surface area contributed by atoms with E-state index in [0.29, 0.717) is 5.69 Å². The lowest BCUT2D eigenvalue weighted by Gasteiger charge is -2.06. The maximum atomic E-state index is 12.3. The Balaban J connectivity index is 2.44. The van der Waals surface area contributed by atoms with Gasteiger partial charge in [0.1, 0.15) is 0 Å². The minimum Gasteiger partial charge on any atom is -0.399 e. The van der Waals surface area contributed by atoms with E-state index in [9.17, 15) is 18.5 Å². The van der Waals surface area contributed by atoms with Crippen molar-refractivity contribution in [1.29, 1.82) is 0 Å². The molecular weight excluding hydrogens is 316 g/mol. The van der Waals surface area contributed by atoms with Crippen LogP contribution in [0.2, 0.25) is 5.02 Å². The first-order valence-electron chi connectivity index (χ1n) is 5.81. The molecule has 6 nitrogen and oxygen atoms in total. The lowest BCUT2D eigenvalue weighted by atomic mass is 10.2. The van der Waals surface area contributed by atoms with E-state index in [1.807, 2.05) is 0 Å². The standard InChI is InChI=1S/C13H11ClN2O4S/c14-10-5-4-9(13(6-10)16(17)18)8-21(19,20)12-3-1-2-11(15)7-12/h1-7H,8,15H2. The summed E-state index contributed by atoms with van der Waals surface area (Å²) in [6.45, 7) is 0. The normalized spacial score (nSPS) is 11.3. The van der Waals surface area contributed by atoms with Gasteiger partial charge in [-0.3, -0.25) is 10.1 Å². The number of halogens is 1. The van der Waals surface area contributed by atoms with Gasteiger partial charge >= 0.3 is 0 Å². The van der Waals surface area contributed by atoms with Crippen LogP contribution in [-0.2, 0) is 15.6 Å². The van der Waals surface area contributed by atoms with Crippen LogP contribution >= 0.6 is 11.6 Å². The van der Waals surface area contributed by atoms with Crippen LogP contribution in [0.15, 0.2) is 47.4 Å². The van der Waals surface area contributed by atoms with Gasteiger partial charge in [0.15, 0.2) is 9.84 Å². The number of nitro groups is 1. The van der Waals surface area contributed by atoms with E-state index in [1.54, 1.807) is 6.07 Å². The van der Waals surface area contributed by atoms with Gasteiger partial charge < -0.3 is 5.73 Å². The van der Waals surface area contributed by atoms with E-state index in [2.05, 4.69) is 0 Å². The summed E-state index contributed by atoms with van der Waals surface area (Å²) in [4.78, 5) is 10.3. The Bertz CT molecular complexity index is 806. The quantitative estimate of drug-likeness (QED) is 0.528. The van der Waals surface area contributed by atoms with Crippen LogP contribution in [0.4, 0.5) is 11.4 Å². The van der Waals surface area contributed by atoms with Crippen molar-refractivity contribution in [2.24, 2.45) is 0 Å². The Hall–Kier alpha value is -2.12. The van der Waals surface area contributed by atoms with Gasteiger partial charge in [-0.25, -0.2) is 8.42 Å². The van der Waals surface area contributed by atoms with E-state index in [0.717, 1.165) is 6.07 Å². The van der Waals surface area contributed by atoms with Gasteiger partial charge in [0, 0.05) is 22.3 Å². The smallest absolute Gasteiger partial charge is 0.275 e. The van der Waals surface area contributed by atoms with E-state index in [4.69, 9.17) is 17.3 Å². The van der Waals surface area contributed by atoms with Crippen LogP contribution < -0.4 is 5.73 Å². The molecule has 0 saturated carbocycles. The average molecular weight is 327 g/mol. The van der Waals surface area contributed by atoms with Gasteiger partial charge in [0.25, 0.3) is 5.69 Å². The zero-order valence-corrected chi connectivity index (χ0v) is 12.3. The molecule has 21 heavy (non-hydrogen) atoms. The van der Waals surface area contributed by atoms with E-state index in [1.165, 1.54) is 30.3 Å². The fourth-order valence-corrected chi connectivity index (χ4v) is 3.41. The molecule has 2 N–H and O–H groups in total. The zero-order valence-electron chi connectivity index (χ0n) is 10.7. The van der Waals surface area contributed by atoms with Crippen LogP contribution in [0.5, 0.6) is 0 Å². The molecule has 0 unspecified atom stereocenters. The highest BCUT2D eigenvalue weighted by Crippen LogP contribution is 2.27. The summed E-state index contributed by atoms with van der Waals surface area (Å²) >= 11 is 5.70. The van der Waals surface area contributed by atoms with Gasteiger partial charge in [0.05, 0.1) is 15.6 Å². The fourth-order valence-electron chi connectivity index (χ4n) is 1.83. The Morgan fingerprint density at radius 3 is 2.52 bits per heavy atom. The number of rotatable bonds is 4. The molecule has 0 bridgehead atoms. The van der Waals surface area contributed by atoms with Crippen molar-refractivity contribution >= 4 is 32.8 Å². The Morgan fingerprint density at radius 1 is 1.19 bits per heavy atom. The number of anilines is 1. The third-order valence-electron chi connectivity index (χ3n) is 2.81. The largest absolute Gasteiger partial charge is 0.399 e. The molecule has 8 heteroatoms. The highest BCUT2D eigenvalue weighted by atomic mass is 35.5. The number of benzene rings is 2. The van der Waals surface area contributed by atoms with Gasteiger partial charge in [0.2, 0.25) is 0 Å². The molecule has 0 spiro atoms. The molecule has 0 saturated heterocycles. The highest BCUT2D eigenvalue weighted by Gasteiger charge is 2.22. The van der Waals surface area contributed by atoms with Crippen molar-refractivity contribution in [3.63, 3.8) is 0 Å². The molecule has 0 radical (unpaired) electrons. The van der Waals surface area contributed by atoms with Gasteiger partial charge in [-0.1, -0.05) is 17.7 Å². The molecule has 0 aromatic heterocycles. The van der Waals surface area contributed by atoms with Crippen LogP contribution in [-0.4, -0.2) is 13.3 Å². The van der Waals surface area contributed by atoms with E-state index >= 15 is 0 Å². The predicted molar refractivity (Wildman–Crippen MR) is 79.9 cm³/mol. The van der Waals surface area contributed by atoms with Crippen LogP contribution in [0.25, 0.3) is 0 Å². The Morgan fingerprint density at radius 2 is 1.90 bits per heavy atom. The van der Waals surface area contributed by atoms with Gasteiger partial charge in [-0.2, -0.15) is 0 Å². The molecule has 0 aliphatic heterocycles. The third kappa shape index (κ3) is 3.50. The molecular formula is C13H11ClN2O4S. The number of nitro benzene ring substituents is 1. The number of nitrogens with zero attached hydrogens (tertiary/aromatic N) is 1. The Labute approximate surface area is 126 Å². The molecule has 0 fully saturated rings. The summed E-state index contributed by atoms with van der Waals surface area (Å²) in [7, 11) is -3.73. The summed E-state index contributed by atoms with van der Waals surface area (Å²) in [5.74, 6) is -0.496. The summed E-state index contributed by atoms with van der Waals surface area (Å²) < 4.78 is 24.6.